The summed E-state index contributed by atoms with van der Waals surface area (Å²) in [5.41, 5.74) is 0. The molecule has 0 unspecified atom stereocenters. The van der Waals surface area contributed by atoms with Gasteiger partial charge in [0.15, 0.2) is 0 Å². The number of hydrogen-bond acceptors (Lipinski definition) is 3. The van der Waals surface area contributed by atoms with Crippen LogP contribution in [0.5, 0.6) is 5.75 Å². The molecule has 0 atom stereocenters. The van der Waals surface area contributed by atoms with Crippen LogP contribution in [0.3, 0.4) is 0 Å². The Morgan fingerprint density at radius 2 is 1.80 bits per heavy atom. The van der Waals surface area contributed by atoms with Crippen LogP contribution in [0, 0.1) is 0 Å². The third-order valence-electron chi connectivity index (χ3n) is 1.36. The maximum atomic E-state index is 10.5. The first-order valence-electron chi connectivity index (χ1n) is 3.86. The van der Waals surface area contributed by atoms with Gasteiger partial charge in [-0.05, 0) is 12.1 Å². The van der Waals surface area contributed by atoms with E-state index >= 15 is 0 Å². The summed E-state index contributed by atoms with van der Waals surface area (Å²) in [6, 6.07) is 8.21. The Balaban J connectivity index is 2.73. The molecule has 0 spiro atoms. The highest BCUT2D eigenvalue weighted by Crippen LogP contribution is 2.27. The second-order valence-electron chi connectivity index (χ2n) is 2.78. The maximum absolute atomic E-state index is 10.5. The van der Waals surface area contributed by atoms with Gasteiger partial charge >= 0.3 is 0 Å². The summed E-state index contributed by atoms with van der Waals surface area (Å²) in [6.07, 6.45) is 0. The van der Waals surface area contributed by atoms with Crippen molar-refractivity contribution in [1.29, 1.82) is 0 Å². The fourth-order valence-electron chi connectivity index (χ4n) is 0.903. The van der Waals surface area contributed by atoms with Crippen LogP contribution in [0.25, 0.3) is 0 Å². The Hall–Kier alpha value is -0.490. The Kier molecular flexibility index (Phi) is 3.83. The summed E-state index contributed by atoms with van der Waals surface area (Å²) in [7, 11) is -4.29. The summed E-state index contributed by atoms with van der Waals surface area (Å²) in [5.74, 6) is -0.594. The normalized spacial score (nSPS) is 12.5. The van der Waals surface area contributed by atoms with Gasteiger partial charge in [-0.15, -0.1) is 0 Å². The van der Waals surface area contributed by atoms with Crippen LogP contribution in [0.2, 0.25) is 0 Å². The maximum Gasteiger partial charge on any atom is 0.274 e. The van der Waals surface area contributed by atoms with E-state index in [1.54, 1.807) is 30.3 Å². The molecule has 1 aromatic carbocycles. The van der Waals surface area contributed by atoms with Crippen LogP contribution in [-0.4, -0.2) is 23.2 Å². The summed E-state index contributed by atoms with van der Waals surface area (Å²) in [6.45, 7) is 0. The van der Waals surface area contributed by atoms with E-state index in [-0.39, 0.29) is 0 Å². The largest absolute Gasteiger partial charge is 0.457 e. The minimum absolute atomic E-state index is 0.311. The number of para-hydroxylation sites is 1. The predicted octanol–water partition coefficient (Wildman–Crippen LogP) is 2.08. The van der Waals surface area contributed by atoms with Crippen molar-refractivity contribution in [3.8, 4) is 5.75 Å². The molecular formula is C8H8Cl2O4S. The van der Waals surface area contributed by atoms with Gasteiger partial charge in [-0.2, -0.15) is 8.42 Å². The molecule has 15 heavy (non-hydrogen) atoms. The minimum atomic E-state index is -4.29. The number of alkyl halides is 2. The average molecular weight is 271 g/mol. The van der Waals surface area contributed by atoms with Crippen molar-refractivity contribution in [3.63, 3.8) is 0 Å². The molecule has 0 aliphatic rings. The molecule has 84 valence electrons. The summed E-state index contributed by atoms with van der Waals surface area (Å²) in [4.78, 5) is 0. The summed E-state index contributed by atoms with van der Waals surface area (Å²) < 4.78 is 32.6. The number of halogens is 2. The Labute approximate surface area is 97.5 Å². The van der Waals surface area contributed by atoms with E-state index in [4.69, 9.17) is 32.5 Å². The van der Waals surface area contributed by atoms with E-state index < -0.39 is 20.4 Å². The van der Waals surface area contributed by atoms with Gasteiger partial charge in [0.25, 0.3) is 14.6 Å². The molecule has 1 rings (SSSR count). The second kappa shape index (κ2) is 4.57. The van der Waals surface area contributed by atoms with Gasteiger partial charge in [0, 0.05) is 0 Å². The number of hydrogen-bond donors (Lipinski definition) is 1. The second-order valence-corrected chi connectivity index (χ2v) is 5.65. The van der Waals surface area contributed by atoms with Gasteiger partial charge in [0.2, 0.25) is 0 Å². The molecule has 1 aromatic rings. The van der Waals surface area contributed by atoms with Crippen molar-refractivity contribution in [2.75, 3.05) is 5.75 Å². The van der Waals surface area contributed by atoms with Crippen molar-refractivity contribution in [3.05, 3.63) is 30.3 Å². The average Bonchev–Trinajstić information content (AvgIpc) is 1.99. The Morgan fingerprint density at radius 3 is 2.27 bits per heavy atom. The lowest BCUT2D eigenvalue weighted by atomic mass is 10.3. The molecule has 0 fully saturated rings. The van der Waals surface area contributed by atoms with E-state index in [1.807, 2.05) is 0 Å². The SMILES string of the molecule is O=S(=O)(O)CC(Cl)(Cl)Oc1ccccc1. The number of ether oxygens (including phenoxy) is 1. The van der Waals surface area contributed by atoms with E-state index in [2.05, 4.69) is 0 Å². The van der Waals surface area contributed by atoms with Crippen molar-refractivity contribution >= 4 is 33.3 Å². The lowest BCUT2D eigenvalue weighted by molar-refractivity contribution is 0.261. The molecule has 0 saturated carbocycles. The summed E-state index contributed by atoms with van der Waals surface area (Å²) >= 11 is 11.1. The van der Waals surface area contributed by atoms with Crippen LogP contribution in [0.1, 0.15) is 0 Å². The number of rotatable bonds is 4. The monoisotopic (exact) mass is 270 g/mol. The molecule has 0 aliphatic carbocycles. The van der Waals surface area contributed by atoms with Crippen LogP contribution in [0.15, 0.2) is 30.3 Å². The van der Waals surface area contributed by atoms with Gasteiger partial charge in [0.1, 0.15) is 11.5 Å². The van der Waals surface area contributed by atoms with Crippen molar-refractivity contribution in [2.24, 2.45) is 0 Å². The van der Waals surface area contributed by atoms with Gasteiger partial charge in [-0.3, -0.25) is 4.55 Å². The van der Waals surface area contributed by atoms with Crippen molar-refractivity contribution in [1.82, 2.24) is 0 Å². The molecular weight excluding hydrogens is 263 g/mol. The van der Waals surface area contributed by atoms with Gasteiger partial charge in [0.05, 0.1) is 0 Å². The molecule has 0 bridgehead atoms. The molecule has 0 aromatic heterocycles. The zero-order chi connectivity index (χ0) is 11.5. The first-order valence-corrected chi connectivity index (χ1v) is 6.22. The lowest BCUT2D eigenvalue weighted by Crippen LogP contribution is -2.31. The zero-order valence-corrected chi connectivity index (χ0v) is 9.76. The molecule has 0 radical (unpaired) electrons. The van der Waals surface area contributed by atoms with Gasteiger partial charge < -0.3 is 4.74 Å². The van der Waals surface area contributed by atoms with Gasteiger partial charge in [-0.1, -0.05) is 41.4 Å². The third kappa shape index (κ3) is 5.22. The fourth-order valence-corrected chi connectivity index (χ4v) is 2.39. The highest BCUT2D eigenvalue weighted by atomic mass is 35.5. The summed E-state index contributed by atoms with van der Waals surface area (Å²) in [5, 5.41) is 0. The minimum Gasteiger partial charge on any atom is -0.457 e. The molecule has 0 saturated heterocycles. The lowest BCUT2D eigenvalue weighted by Gasteiger charge is -2.19. The van der Waals surface area contributed by atoms with Crippen LogP contribution in [0.4, 0.5) is 0 Å². The van der Waals surface area contributed by atoms with E-state index in [1.165, 1.54) is 0 Å². The first kappa shape index (κ1) is 12.6. The molecule has 0 heterocycles. The van der Waals surface area contributed by atoms with Gasteiger partial charge in [-0.25, -0.2) is 0 Å². The molecule has 0 aliphatic heterocycles. The quantitative estimate of drug-likeness (QED) is 0.672. The standard InChI is InChI=1S/C8H8Cl2O4S/c9-8(10,6-15(11,12)13)14-7-4-2-1-3-5-7/h1-5H,6H2,(H,11,12,13). The highest BCUT2D eigenvalue weighted by molar-refractivity contribution is 7.86. The third-order valence-corrected chi connectivity index (χ3v) is 2.87. The number of benzene rings is 1. The Bertz CT molecular complexity index is 416. The van der Waals surface area contributed by atoms with Crippen molar-refractivity contribution in [2.45, 2.75) is 4.52 Å². The molecule has 1 N–H and O–H groups in total. The predicted molar refractivity (Wildman–Crippen MR) is 57.9 cm³/mol. The molecule has 4 nitrogen and oxygen atoms in total. The first-order chi connectivity index (χ1) is 6.79. The molecule has 0 amide bonds. The smallest absolute Gasteiger partial charge is 0.274 e. The van der Waals surface area contributed by atoms with Crippen LogP contribution in [-0.2, 0) is 10.1 Å². The van der Waals surface area contributed by atoms with E-state index in [0.717, 1.165) is 0 Å². The van der Waals surface area contributed by atoms with Crippen LogP contribution < -0.4 is 4.74 Å². The zero-order valence-electron chi connectivity index (χ0n) is 7.43. The topological polar surface area (TPSA) is 63.6 Å². The highest BCUT2D eigenvalue weighted by Gasteiger charge is 2.32. The molecule has 7 heteroatoms. The van der Waals surface area contributed by atoms with Crippen LogP contribution >= 0.6 is 23.2 Å². The van der Waals surface area contributed by atoms with Crippen molar-refractivity contribution < 1.29 is 17.7 Å². The van der Waals surface area contributed by atoms with E-state index in [0.29, 0.717) is 5.75 Å². The fraction of sp³-hybridized carbons (Fsp3) is 0.250. The van der Waals surface area contributed by atoms with E-state index in [9.17, 15) is 8.42 Å². The Morgan fingerprint density at radius 1 is 1.27 bits per heavy atom.